The normalized spacial score (nSPS) is 14.3. The summed E-state index contributed by atoms with van der Waals surface area (Å²) >= 11 is 0. The van der Waals surface area contributed by atoms with Gasteiger partial charge in [0.1, 0.15) is 0 Å². The van der Waals surface area contributed by atoms with Gasteiger partial charge in [0.15, 0.2) is 0 Å². The van der Waals surface area contributed by atoms with E-state index in [9.17, 15) is 0 Å². The molecule has 0 heteroatoms. The fourth-order valence-electron chi connectivity index (χ4n) is 8.51. The summed E-state index contributed by atoms with van der Waals surface area (Å²) in [5, 5.41) is 15.5. The Labute approximate surface area is 285 Å². The van der Waals surface area contributed by atoms with E-state index in [0.29, 0.717) is 5.92 Å². The molecule has 0 N–H and O–H groups in total. The third-order valence-electron chi connectivity index (χ3n) is 10.7. The van der Waals surface area contributed by atoms with E-state index in [4.69, 9.17) is 0 Å². The van der Waals surface area contributed by atoms with Crippen molar-refractivity contribution in [2.24, 2.45) is 5.92 Å². The maximum absolute atomic E-state index is 2.44. The van der Waals surface area contributed by atoms with Gasteiger partial charge in [-0.2, -0.15) is 0 Å². The van der Waals surface area contributed by atoms with Crippen LogP contribution in [0.25, 0.3) is 99.4 Å². The van der Waals surface area contributed by atoms with Gasteiger partial charge in [0.25, 0.3) is 0 Å². The zero-order valence-corrected chi connectivity index (χ0v) is 27.5. The SMILES string of the molecule is CC1C=c2cc(-c3c4ccccc4c(-c4c5ccccc5c(-c5ccc6ccccc6c5)c5ccccc45)c4ccccc34)ccc2=CC1. The standard InChI is InChI=1S/C49H34/c1-31-22-23-33-25-27-36(30-37(33)28-31)47-40-16-6-10-20-44(40)49(45-21-11-7-17-41(45)47)48-42-18-8-4-14-38(42)46(39-15-5-9-19-43(39)48)35-26-24-32-12-2-3-13-34(32)29-35/h2-21,23-31H,22H2,1H3. The molecule has 0 amide bonds. The van der Waals surface area contributed by atoms with E-state index in [-0.39, 0.29) is 0 Å². The van der Waals surface area contributed by atoms with E-state index in [1.807, 2.05) is 0 Å². The van der Waals surface area contributed by atoms with Crippen molar-refractivity contribution in [2.45, 2.75) is 13.3 Å². The molecule has 0 nitrogen and oxygen atoms in total. The van der Waals surface area contributed by atoms with Crippen LogP contribution in [0.2, 0.25) is 0 Å². The Morgan fingerprint density at radius 2 is 0.776 bits per heavy atom. The number of hydrogen-bond acceptors (Lipinski definition) is 0. The van der Waals surface area contributed by atoms with Crippen LogP contribution < -0.4 is 10.4 Å². The maximum atomic E-state index is 2.44. The average molecular weight is 623 g/mol. The van der Waals surface area contributed by atoms with Crippen molar-refractivity contribution in [3.8, 4) is 33.4 Å². The molecule has 1 atom stereocenters. The smallest absolute Gasteiger partial charge is 0.00139 e. The molecule has 0 aliphatic heterocycles. The highest BCUT2D eigenvalue weighted by Gasteiger charge is 2.22. The molecule has 9 aromatic carbocycles. The molecule has 0 spiro atoms. The molecular weight excluding hydrogens is 589 g/mol. The average Bonchev–Trinajstić information content (AvgIpc) is 3.15. The van der Waals surface area contributed by atoms with E-state index in [2.05, 4.69) is 177 Å². The van der Waals surface area contributed by atoms with E-state index in [0.717, 1.165) is 6.42 Å². The third kappa shape index (κ3) is 4.38. The second kappa shape index (κ2) is 11.0. The Kier molecular flexibility index (Phi) is 6.33. The van der Waals surface area contributed by atoms with Crippen molar-refractivity contribution in [3.63, 3.8) is 0 Å². The van der Waals surface area contributed by atoms with Crippen molar-refractivity contribution >= 4 is 66.0 Å². The quantitative estimate of drug-likeness (QED) is 0.172. The molecule has 230 valence electrons. The number of fused-ring (bicyclic) bond motifs is 6. The lowest BCUT2D eigenvalue weighted by atomic mass is 9.81. The molecular formula is C49H34. The summed E-state index contributed by atoms with van der Waals surface area (Å²) in [6, 6.07) is 58.8. The number of rotatable bonds is 3. The molecule has 0 heterocycles. The lowest BCUT2D eigenvalue weighted by Crippen LogP contribution is -2.28. The molecule has 0 radical (unpaired) electrons. The van der Waals surface area contributed by atoms with E-state index in [1.54, 1.807) is 0 Å². The van der Waals surface area contributed by atoms with Crippen LogP contribution in [-0.4, -0.2) is 0 Å². The first kappa shape index (κ1) is 28.1. The van der Waals surface area contributed by atoms with Crippen LogP contribution in [0.1, 0.15) is 13.3 Å². The first-order valence-corrected chi connectivity index (χ1v) is 17.4. The zero-order chi connectivity index (χ0) is 32.5. The van der Waals surface area contributed by atoms with Gasteiger partial charge in [-0.25, -0.2) is 0 Å². The minimum Gasteiger partial charge on any atom is -0.0761 e. The predicted octanol–water partition coefficient (Wildman–Crippen LogP) is 12.1. The highest BCUT2D eigenvalue weighted by molar-refractivity contribution is 6.30. The summed E-state index contributed by atoms with van der Waals surface area (Å²) in [7, 11) is 0. The minimum absolute atomic E-state index is 0.553. The van der Waals surface area contributed by atoms with Crippen LogP contribution >= 0.6 is 0 Å². The highest BCUT2D eigenvalue weighted by Crippen LogP contribution is 2.50. The first-order chi connectivity index (χ1) is 24.2. The molecule has 0 bridgehead atoms. The molecule has 10 rings (SSSR count). The van der Waals surface area contributed by atoms with Gasteiger partial charge in [-0.05, 0) is 122 Å². The van der Waals surface area contributed by atoms with Gasteiger partial charge in [0.05, 0.1) is 0 Å². The Balaban J connectivity index is 1.35. The summed E-state index contributed by atoms with van der Waals surface area (Å²) in [6.07, 6.45) is 5.93. The molecule has 1 unspecified atom stereocenters. The number of hydrogen-bond donors (Lipinski definition) is 0. The largest absolute Gasteiger partial charge is 0.0761 e. The van der Waals surface area contributed by atoms with Gasteiger partial charge in [-0.1, -0.05) is 165 Å². The highest BCUT2D eigenvalue weighted by atomic mass is 14.2. The van der Waals surface area contributed by atoms with Gasteiger partial charge in [-0.15, -0.1) is 0 Å². The van der Waals surface area contributed by atoms with Crippen LogP contribution in [-0.2, 0) is 0 Å². The fraction of sp³-hybridized carbons (Fsp3) is 0.0612. The molecule has 49 heavy (non-hydrogen) atoms. The molecule has 0 aromatic heterocycles. The molecule has 0 saturated carbocycles. The third-order valence-corrected chi connectivity index (χ3v) is 10.7. The predicted molar refractivity (Wildman–Crippen MR) is 212 cm³/mol. The molecule has 0 fully saturated rings. The van der Waals surface area contributed by atoms with Crippen molar-refractivity contribution in [1.29, 1.82) is 0 Å². The number of benzene rings is 9. The van der Waals surface area contributed by atoms with E-state index < -0.39 is 0 Å². The zero-order valence-electron chi connectivity index (χ0n) is 27.5. The van der Waals surface area contributed by atoms with E-state index >= 15 is 0 Å². The topological polar surface area (TPSA) is 0 Å². The summed E-state index contributed by atoms with van der Waals surface area (Å²) in [5.74, 6) is 0.553. The van der Waals surface area contributed by atoms with Crippen molar-refractivity contribution in [2.75, 3.05) is 0 Å². The second-order valence-electron chi connectivity index (χ2n) is 13.7. The van der Waals surface area contributed by atoms with Crippen LogP contribution in [0.4, 0.5) is 0 Å². The summed E-state index contributed by atoms with van der Waals surface area (Å²) in [5.41, 5.74) is 7.74. The lowest BCUT2D eigenvalue weighted by Gasteiger charge is -2.22. The van der Waals surface area contributed by atoms with Crippen molar-refractivity contribution in [1.82, 2.24) is 0 Å². The lowest BCUT2D eigenvalue weighted by molar-refractivity contribution is 0.800. The van der Waals surface area contributed by atoms with Gasteiger partial charge in [0.2, 0.25) is 0 Å². The van der Waals surface area contributed by atoms with Crippen molar-refractivity contribution in [3.05, 3.63) is 168 Å². The van der Waals surface area contributed by atoms with Crippen LogP contribution in [0.3, 0.4) is 0 Å². The maximum Gasteiger partial charge on any atom is -0.00139 e. The minimum atomic E-state index is 0.553. The first-order valence-electron chi connectivity index (χ1n) is 17.4. The summed E-state index contributed by atoms with van der Waals surface area (Å²) in [4.78, 5) is 0. The summed E-state index contributed by atoms with van der Waals surface area (Å²) in [6.45, 7) is 2.31. The Hall–Kier alpha value is -5.98. The second-order valence-corrected chi connectivity index (χ2v) is 13.7. The van der Waals surface area contributed by atoms with Crippen molar-refractivity contribution < 1.29 is 0 Å². The fourth-order valence-corrected chi connectivity index (χ4v) is 8.51. The molecule has 1 aliphatic rings. The van der Waals surface area contributed by atoms with Gasteiger partial charge in [0, 0.05) is 0 Å². The van der Waals surface area contributed by atoms with Gasteiger partial charge >= 0.3 is 0 Å². The molecule has 9 aromatic rings. The Morgan fingerprint density at radius 3 is 1.29 bits per heavy atom. The molecule has 1 aliphatic carbocycles. The Bertz CT molecular complexity index is 2810. The van der Waals surface area contributed by atoms with Gasteiger partial charge in [-0.3, -0.25) is 0 Å². The van der Waals surface area contributed by atoms with Crippen LogP contribution in [0, 0.1) is 5.92 Å². The Morgan fingerprint density at radius 1 is 0.367 bits per heavy atom. The van der Waals surface area contributed by atoms with Crippen LogP contribution in [0.5, 0.6) is 0 Å². The monoisotopic (exact) mass is 622 g/mol. The van der Waals surface area contributed by atoms with Gasteiger partial charge < -0.3 is 0 Å². The summed E-state index contributed by atoms with van der Waals surface area (Å²) < 4.78 is 0. The van der Waals surface area contributed by atoms with E-state index in [1.165, 1.54) is 97.7 Å². The van der Waals surface area contributed by atoms with Crippen LogP contribution in [0.15, 0.2) is 158 Å². The molecule has 0 saturated heterocycles.